The molecule has 1 rings (SSSR count). The van der Waals surface area contributed by atoms with E-state index in [1.165, 1.54) is 51.4 Å². The minimum Gasteiger partial charge on any atom is -0.466 e. The van der Waals surface area contributed by atoms with E-state index in [1.807, 2.05) is 0 Å². The summed E-state index contributed by atoms with van der Waals surface area (Å²) in [5.74, 6) is -0.319. The van der Waals surface area contributed by atoms with Crippen LogP contribution in [0, 0.1) is 0 Å². The Morgan fingerprint density at radius 1 is 0.917 bits per heavy atom. The number of allylic oxidation sites excluding steroid dienone is 4. The number of unbranched alkanes of at least 4 members (excludes halogenated alkanes) is 9. The summed E-state index contributed by atoms with van der Waals surface area (Å²) in [6.07, 6.45) is 27.9. The lowest BCUT2D eigenvalue weighted by Gasteiger charge is -2.29. The highest BCUT2D eigenvalue weighted by Gasteiger charge is 2.23. The number of aliphatic hydroxyl groups excluding tert-OH is 1. The van der Waals surface area contributed by atoms with Gasteiger partial charge in [-0.15, -0.1) is 0 Å². The zero-order valence-electron chi connectivity index (χ0n) is 23.5. The maximum atomic E-state index is 12.0. The zero-order valence-corrected chi connectivity index (χ0v) is 23.5. The van der Waals surface area contributed by atoms with E-state index in [4.69, 9.17) is 14.2 Å². The quantitative estimate of drug-likeness (QED) is 0.0856. The molecule has 1 aliphatic heterocycles. The SMILES string of the molecule is CCCCC/C=C\C/C=C\CCCCCCCC(CC(O)CC(=O)OCCCC)OC1CCCCO1. The molecule has 5 heteroatoms. The average Bonchev–Trinajstić information content (AvgIpc) is 2.87. The normalized spacial score (nSPS) is 18.1. The van der Waals surface area contributed by atoms with Gasteiger partial charge in [-0.1, -0.05) is 83.1 Å². The second-order valence-corrected chi connectivity index (χ2v) is 10.2. The van der Waals surface area contributed by atoms with Gasteiger partial charge in [0, 0.05) is 13.0 Å². The van der Waals surface area contributed by atoms with E-state index in [-0.39, 0.29) is 24.8 Å². The van der Waals surface area contributed by atoms with Gasteiger partial charge in [0.15, 0.2) is 6.29 Å². The molecule has 36 heavy (non-hydrogen) atoms. The third kappa shape index (κ3) is 20.0. The fourth-order valence-corrected chi connectivity index (χ4v) is 4.43. The number of carbonyl (C=O) groups is 1. The van der Waals surface area contributed by atoms with Crippen molar-refractivity contribution in [2.75, 3.05) is 13.2 Å². The van der Waals surface area contributed by atoms with Crippen LogP contribution in [0.2, 0.25) is 0 Å². The van der Waals surface area contributed by atoms with E-state index in [0.717, 1.165) is 64.4 Å². The zero-order chi connectivity index (χ0) is 26.1. The van der Waals surface area contributed by atoms with Gasteiger partial charge in [-0.05, 0) is 64.2 Å². The Bertz CT molecular complexity index is 553. The molecule has 0 aliphatic carbocycles. The number of ether oxygens (including phenoxy) is 3. The summed E-state index contributed by atoms with van der Waals surface area (Å²) in [6, 6.07) is 0. The number of hydrogen-bond acceptors (Lipinski definition) is 5. The molecular formula is C31H56O5. The number of carbonyl (C=O) groups excluding carboxylic acids is 1. The summed E-state index contributed by atoms with van der Waals surface area (Å²) in [5.41, 5.74) is 0. The molecule has 210 valence electrons. The van der Waals surface area contributed by atoms with Crippen molar-refractivity contribution in [3.05, 3.63) is 24.3 Å². The van der Waals surface area contributed by atoms with Gasteiger partial charge >= 0.3 is 5.97 Å². The van der Waals surface area contributed by atoms with Crippen LogP contribution in [0.3, 0.4) is 0 Å². The highest BCUT2D eigenvalue weighted by molar-refractivity contribution is 5.69. The number of aliphatic hydroxyl groups is 1. The molecule has 1 aliphatic rings. The Morgan fingerprint density at radius 2 is 1.61 bits per heavy atom. The van der Waals surface area contributed by atoms with Gasteiger partial charge in [0.2, 0.25) is 0 Å². The molecule has 0 spiro atoms. The number of rotatable bonds is 23. The highest BCUT2D eigenvalue weighted by atomic mass is 16.7. The molecule has 0 bridgehead atoms. The molecule has 0 saturated carbocycles. The van der Waals surface area contributed by atoms with Gasteiger partial charge in [-0.25, -0.2) is 0 Å². The van der Waals surface area contributed by atoms with Gasteiger partial charge in [-0.2, -0.15) is 0 Å². The van der Waals surface area contributed by atoms with Crippen LogP contribution < -0.4 is 0 Å². The summed E-state index contributed by atoms with van der Waals surface area (Å²) >= 11 is 0. The molecule has 1 fully saturated rings. The molecule has 0 aromatic carbocycles. The Balaban J connectivity index is 2.19. The van der Waals surface area contributed by atoms with Crippen molar-refractivity contribution >= 4 is 5.97 Å². The van der Waals surface area contributed by atoms with Gasteiger partial charge in [0.25, 0.3) is 0 Å². The predicted molar refractivity (Wildman–Crippen MR) is 149 cm³/mol. The smallest absolute Gasteiger partial charge is 0.308 e. The molecule has 0 amide bonds. The molecule has 0 aromatic rings. The number of esters is 1. The van der Waals surface area contributed by atoms with E-state index < -0.39 is 6.10 Å². The van der Waals surface area contributed by atoms with Crippen LogP contribution in [-0.2, 0) is 19.0 Å². The Labute approximate surface area is 222 Å². The van der Waals surface area contributed by atoms with E-state index in [0.29, 0.717) is 13.0 Å². The molecular weight excluding hydrogens is 452 g/mol. The van der Waals surface area contributed by atoms with Crippen LogP contribution in [0.1, 0.15) is 136 Å². The van der Waals surface area contributed by atoms with Crippen LogP contribution in [0.5, 0.6) is 0 Å². The fraction of sp³-hybridized carbons (Fsp3) is 0.839. The molecule has 1 heterocycles. The second-order valence-electron chi connectivity index (χ2n) is 10.2. The molecule has 3 atom stereocenters. The van der Waals surface area contributed by atoms with Crippen LogP contribution in [0.4, 0.5) is 0 Å². The second kappa shape index (κ2) is 24.2. The maximum absolute atomic E-state index is 12.0. The van der Waals surface area contributed by atoms with Crippen molar-refractivity contribution < 1.29 is 24.1 Å². The van der Waals surface area contributed by atoms with E-state index in [1.54, 1.807) is 0 Å². The first kappa shape index (κ1) is 32.9. The summed E-state index contributed by atoms with van der Waals surface area (Å²) in [6.45, 7) is 5.48. The Hall–Kier alpha value is -1.17. The molecule has 5 nitrogen and oxygen atoms in total. The molecule has 1 N–H and O–H groups in total. The van der Waals surface area contributed by atoms with Crippen molar-refractivity contribution in [1.82, 2.24) is 0 Å². The van der Waals surface area contributed by atoms with Gasteiger partial charge in [-0.3, -0.25) is 4.79 Å². The predicted octanol–water partition coefficient (Wildman–Crippen LogP) is 8.20. The van der Waals surface area contributed by atoms with Crippen molar-refractivity contribution in [3.63, 3.8) is 0 Å². The summed E-state index contributed by atoms with van der Waals surface area (Å²) in [4.78, 5) is 12.0. The minimum absolute atomic E-state index is 0.0390. The van der Waals surface area contributed by atoms with Gasteiger partial charge in [0.1, 0.15) is 0 Å². The lowest BCUT2D eigenvalue weighted by Crippen LogP contribution is -2.31. The lowest BCUT2D eigenvalue weighted by molar-refractivity contribution is -0.194. The summed E-state index contributed by atoms with van der Waals surface area (Å²) < 4.78 is 17.2. The largest absolute Gasteiger partial charge is 0.466 e. The van der Waals surface area contributed by atoms with E-state index in [9.17, 15) is 9.90 Å². The number of hydrogen-bond donors (Lipinski definition) is 1. The third-order valence-electron chi connectivity index (χ3n) is 6.66. The molecule has 3 unspecified atom stereocenters. The average molecular weight is 509 g/mol. The van der Waals surface area contributed by atoms with Gasteiger partial charge < -0.3 is 19.3 Å². The molecule has 0 aromatic heterocycles. The lowest BCUT2D eigenvalue weighted by atomic mass is 10.0. The van der Waals surface area contributed by atoms with Crippen LogP contribution in [0.25, 0.3) is 0 Å². The van der Waals surface area contributed by atoms with Crippen LogP contribution in [-0.4, -0.2) is 42.8 Å². The van der Waals surface area contributed by atoms with Crippen molar-refractivity contribution in [3.8, 4) is 0 Å². The Kier molecular flexibility index (Phi) is 22.1. The maximum Gasteiger partial charge on any atom is 0.308 e. The van der Waals surface area contributed by atoms with Crippen molar-refractivity contribution in [2.45, 2.75) is 154 Å². The first-order valence-electron chi connectivity index (χ1n) is 15.1. The van der Waals surface area contributed by atoms with Gasteiger partial charge in [0.05, 0.1) is 25.2 Å². The topological polar surface area (TPSA) is 65.0 Å². The summed E-state index contributed by atoms with van der Waals surface area (Å²) in [5, 5.41) is 10.5. The minimum atomic E-state index is -0.731. The first-order chi connectivity index (χ1) is 17.7. The Morgan fingerprint density at radius 3 is 2.31 bits per heavy atom. The van der Waals surface area contributed by atoms with E-state index in [2.05, 4.69) is 38.2 Å². The summed E-state index contributed by atoms with van der Waals surface area (Å²) in [7, 11) is 0. The first-order valence-corrected chi connectivity index (χ1v) is 15.1. The molecule has 1 saturated heterocycles. The van der Waals surface area contributed by atoms with Crippen molar-refractivity contribution in [1.29, 1.82) is 0 Å². The third-order valence-corrected chi connectivity index (χ3v) is 6.66. The standard InChI is InChI=1S/C31H56O5/c1-3-5-7-8-9-10-11-12-13-14-15-16-17-18-19-22-29(36-31-23-20-21-25-35-31)26-28(32)27-30(33)34-24-6-4-2/h9-10,12-13,28-29,31-32H,3-8,11,14-27H2,1-2H3/b10-9-,13-12-. The molecule has 0 radical (unpaired) electrons. The monoisotopic (exact) mass is 508 g/mol. The van der Waals surface area contributed by atoms with Crippen molar-refractivity contribution in [2.24, 2.45) is 0 Å². The van der Waals surface area contributed by atoms with E-state index >= 15 is 0 Å². The highest BCUT2D eigenvalue weighted by Crippen LogP contribution is 2.22. The van der Waals surface area contributed by atoms with Crippen LogP contribution >= 0.6 is 0 Å². The van der Waals surface area contributed by atoms with Crippen LogP contribution in [0.15, 0.2) is 24.3 Å². The fourth-order valence-electron chi connectivity index (χ4n) is 4.43.